The quantitative estimate of drug-likeness (QED) is 0.895. The Bertz CT molecular complexity index is 430. The third-order valence-corrected chi connectivity index (χ3v) is 3.85. The molecule has 0 atom stereocenters. The van der Waals surface area contributed by atoms with Crippen LogP contribution in [0.4, 0.5) is 0 Å². The van der Waals surface area contributed by atoms with Gasteiger partial charge >= 0.3 is 0 Å². The van der Waals surface area contributed by atoms with Crippen molar-refractivity contribution in [3.8, 4) is 0 Å². The maximum Gasteiger partial charge on any atom is 0.255 e. The second-order valence-electron chi connectivity index (χ2n) is 5.17. The van der Waals surface area contributed by atoms with E-state index in [4.69, 9.17) is 0 Å². The number of hydrogen-bond donors (Lipinski definition) is 1. The van der Waals surface area contributed by atoms with Gasteiger partial charge in [0.05, 0.1) is 11.3 Å². The standard InChI is InChI=1S/C14H23N3O/c1-4-17-11(3)13(10(2)16-17)14(18)15-12-8-6-5-7-9-12/h12H,4-9H2,1-3H3,(H,15,18). The van der Waals surface area contributed by atoms with Gasteiger partial charge in [-0.3, -0.25) is 9.48 Å². The summed E-state index contributed by atoms with van der Waals surface area (Å²) in [4.78, 5) is 12.3. The predicted molar refractivity (Wildman–Crippen MR) is 71.7 cm³/mol. The predicted octanol–water partition coefficient (Wildman–Crippen LogP) is 2.58. The molecule has 0 radical (unpaired) electrons. The molecule has 18 heavy (non-hydrogen) atoms. The first-order valence-electron chi connectivity index (χ1n) is 6.98. The largest absolute Gasteiger partial charge is 0.349 e. The van der Waals surface area contributed by atoms with Crippen LogP contribution >= 0.6 is 0 Å². The number of hydrogen-bond acceptors (Lipinski definition) is 2. The number of aromatic nitrogens is 2. The van der Waals surface area contributed by atoms with E-state index in [0.29, 0.717) is 6.04 Å². The van der Waals surface area contributed by atoms with E-state index in [1.54, 1.807) is 0 Å². The molecule has 0 unspecified atom stereocenters. The van der Waals surface area contributed by atoms with Gasteiger partial charge in [0.1, 0.15) is 0 Å². The summed E-state index contributed by atoms with van der Waals surface area (Å²) >= 11 is 0. The SMILES string of the molecule is CCn1nc(C)c(C(=O)NC2CCCCC2)c1C. The van der Waals surface area contributed by atoms with E-state index >= 15 is 0 Å². The lowest BCUT2D eigenvalue weighted by atomic mass is 9.95. The molecule has 1 saturated carbocycles. The summed E-state index contributed by atoms with van der Waals surface area (Å²) in [6.45, 7) is 6.74. The number of carbonyl (C=O) groups excluding carboxylic acids is 1. The van der Waals surface area contributed by atoms with Gasteiger partial charge in [0.15, 0.2) is 0 Å². The van der Waals surface area contributed by atoms with Crippen LogP contribution in [0.1, 0.15) is 60.8 Å². The fraction of sp³-hybridized carbons (Fsp3) is 0.714. The second kappa shape index (κ2) is 5.55. The molecule has 0 bridgehead atoms. The van der Waals surface area contributed by atoms with E-state index in [1.807, 2.05) is 25.5 Å². The van der Waals surface area contributed by atoms with Gasteiger partial charge in [-0.25, -0.2) is 0 Å². The molecular weight excluding hydrogens is 226 g/mol. The van der Waals surface area contributed by atoms with Crippen LogP contribution in [0, 0.1) is 13.8 Å². The van der Waals surface area contributed by atoms with Crippen molar-refractivity contribution in [3.63, 3.8) is 0 Å². The highest BCUT2D eigenvalue weighted by atomic mass is 16.1. The van der Waals surface area contributed by atoms with Gasteiger partial charge in [-0.05, 0) is 33.6 Å². The van der Waals surface area contributed by atoms with Gasteiger partial charge < -0.3 is 5.32 Å². The van der Waals surface area contributed by atoms with Crippen molar-refractivity contribution in [2.24, 2.45) is 0 Å². The van der Waals surface area contributed by atoms with Gasteiger partial charge in [0.25, 0.3) is 5.91 Å². The third-order valence-electron chi connectivity index (χ3n) is 3.85. The Kier molecular flexibility index (Phi) is 4.04. The van der Waals surface area contributed by atoms with Crippen LogP contribution in [-0.2, 0) is 6.54 Å². The van der Waals surface area contributed by atoms with Crippen LogP contribution in [-0.4, -0.2) is 21.7 Å². The van der Waals surface area contributed by atoms with Crippen LogP contribution in [0.25, 0.3) is 0 Å². The summed E-state index contributed by atoms with van der Waals surface area (Å²) in [6, 6.07) is 0.357. The zero-order chi connectivity index (χ0) is 13.1. The molecule has 2 rings (SSSR count). The highest BCUT2D eigenvalue weighted by molar-refractivity contribution is 5.96. The first-order valence-corrected chi connectivity index (χ1v) is 6.98. The van der Waals surface area contributed by atoms with Crippen LogP contribution in [0.5, 0.6) is 0 Å². The van der Waals surface area contributed by atoms with Crippen molar-refractivity contribution in [2.45, 2.75) is 65.5 Å². The molecule has 1 aromatic heterocycles. The van der Waals surface area contributed by atoms with Crippen molar-refractivity contribution in [1.29, 1.82) is 0 Å². The summed E-state index contributed by atoms with van der Waals surface area (Å²) in [7, 11) is 0. The monoisotopic (exact) mass is 249 g/mol. The number of carbonyl (C=O) groups is 1. The van der Waals surface area contributed by atoms with Crippen molar-refractivity contribution in [1.82, 2.24) is 15.1 Å². The Morgan fingerprint density at radius 2 is 2.00 bits per heavy atom. The number of nitrogens with one attached hydrogen (secondary N) is 1. The molecular formula is C14H23N3O. The maximum absolute atomic E-state index is 12.3. The molecule has 1 aromatic rings. The van der Waals surface area contributed by atoms with Gasteiger partial charge in [-0.1, -0.05) is 19.3 Å². The first-order chi connectivity index (χ1) is 8.63. The fourth-order valence-electron chi connectivity index (χ4n) is 2.84. The molecule has 1 fully saturated rings. The molecule has 100 valence electrons. The van der Waals surface area contributed by atoms with E-state index in [0.717, 1.165) is 36.3 Å². The minimum Gasteiger partial charge on any atom is -0.349 e. The van der Waals surface area contributed by atoms with Crippen molar-refractivity contribution in [3.05, 3.63) is 17.0 Å². The van der Waals surface area contributed by atoms with E-state index in [-0.39, 0.29) is 5.91 Å². The number of rotatable bonds is 3. The molecule has 1 aliphatic rings. The lowest BCUT2D eigenvalue weighted by molar-refractivity contribution is 0.0926. The Morgan fingerprint density at radius 1 is 1.33 bits per heavy atom. The van der Waals surface area contributed by atoms with Gasteiger partial charge in [-0.2, -0.15) is 5.10 Å². The molecule has 1 amide bonds. The normalized spacial score (nSPS) is 16.8. The van der Waals surface area contributed by atoms with Crippen LogP contribution in [0.2, 0.25) is 0 Å². The van der Waals surface area contributed by atoms with E-state index in [1.165, 1.54) is 19.3 Å². The fourth-order valence-corrected chi connectivity index (χ4v) is 2.84. The average molecular weight is 249 g/mol. The molecule has 4 nitrogen and oxygen atoms in total. The Hall–Kier alpha value is -1.32. The molecule has 1 aliphatic carbocycles. The highest BCUT2D eigenvalue weighted by Crippen LogP contribution is 2.19. The van der Waals surface area contributed by atoms with Crippen LogP contribution < -0.4 is 5.32 Å². The Balaban J connectivity index is 2.10. The van der Waals surface area contributed by atoms with Crippen molar-refractivity contribution >= 4 is 5.91 Å². The molecule has 4 heteroatoms. The van der Waals surface area contributed by atoms with Crippen LogP contribution in [0.15, 0.2) is 0 Å². The second-order valence-corrected chi connectivity index (χ2v) is 5.17. The van der Waals surface area contributed by atoms with Crippen molar-refractivity contribution in [2.75, 3.05) is 0 Å². The minimum absolute atomic E-state index is 0.0524. The average Bonchev–Trinajstić information content (AvgIpc) is 2.65. The topological polar surface area (TPSA) is 46.9 Å². The van der Waals surface area contributed by atoms with Gasteiger partial charge in [-0.15, -0.1) is 0 Å². The molecule has 1 N–H and O–H groups in total. The molecule has 0 aliphatic heterocycles. The van der Waals surface area contributed by atoms with E-state index in [9.17, 15) is 4.79 Å². The van der Waals surface area contributed by atoms with Crippen molar-refractivity contribution < 1.29 is 4.79 Å². The Labute approximate surface area is 109 Å². The lowest BCUT2D eigenvalue weighted by Gasteiger charge is -2.22. The number of amides is 1. The molecule has 0 saturated heterocycles. The Morgan fingerprint density at radius 3 is 2.56 bits per heavy atom. The summed E-state index contributed by atoms with van der Waals surface area (Å²) < 4.78 is 1.89. The molecule has 0 spiro atoms. The summed E-state index contributed by atoms with van der Waals surface area (Å²) in [5.74, 6) is 0.0524. The first kappa shape index (κ1) is 13.1. The smallest absolute Gasteiger partial charge is 0.255 e. The molecule has 1 heterocycles. The summed E-state index contributed by atoms with van der Waals surface area (Å²) in [5.41, 5.74) is 2.58. The summed E-state index contributed by atoms with van der Waals surface area (Å²) in [6.07, 6.45) is 6.00. The van der Waals surface area contributed by atoms with Crippen LogP contribution in [0.3, 0.4) is 0 Å². The van der Waals surface area contributed by atoms with Gasteiger partial charge in [0, 0.05) is 18.3 Å². The van der Waals surface area contributed by atoms with E-state index < -0.39 is 0 Å². The molecule has 0 aromatic carbocycles. The summed E-state index contributed by atoms with van der Waals surface area (Å²) in [5, 5.41) is 7.56. The number of aryl methyl sites for hydroxylation is 2. The van der Waals surface area contributed by atoms with E-state index in [2.05, 4.69) is 10.4 Å². The third kappa shape index (κ3) is 2.57. The maximum atomic E-state index is 12.3. The zero-order valence-corrected chi connectivity index (χ0v) is 11.6. The zero-order valence-electron chi connectivity index (χ0n) is 11.6. The number of nitrogens with zero attached hydrogens (tertiary/aromatic N) is 2. The lowest BCUT2D eigenvalue weighted by Crippen LogP contribution is -2.36. The highest BCUT2D eigenvalue weighted by Gasteiger charge is 2.21. The van der Waals surface area contributed by atoms with Gasteiger partial charge in [0.2, 0.25) is 0 Å². The minimum atomic E-state index is 0.0524.